The van der Waals surface area contributed by atoms with Crippen LogP contribution in [0.25, 0.3) is 6.08 Å². The molecule has 6 nitrogen and oxygen atoms in total. The Morgan fingerprint density at radius 2 is 1.93 bits per heavy atom. The van der Waals surface area contributed by atoms with E-state index >= 15 is 0 Å². The summed E-state index contributed by atoms with van der Waals surface area (Å²) in [6.07, 6.45) is 1.66. The minimum atomic E-state index is -0.391. The Hall–Kier alpha value is -3.28. The molecule has 0 saturated heterocycles. The number of anilines is 1. The summed E-state index contributed by atoms with van der Waals surface area (Å²) in [5, 5.41) is 2.67. The normalized spacial score (nSPS) is 18.2. The average Bonchev–Trinajstić information content (AvgIpc) is 2.71. The largest absolute Gasteiger partial charge is 0.488 e. The van der Waals surface area contributed by atoms with Crippen molar-refractivity contribution in [3.05, 3.63) is 65.2 Å². The van der Waals surface area contributed by atoms with Crippen LogP contribution < -0.4 is 15.0 Å². The first-order chi connectivity index (χ1) is 13.1. The molecule has 0 unspecified atom stereocenters. The molecule has 2 amide bonds. The van der Waals surface area contributed by atoms with Crippen molar-refractivity contribution in [2.45, 2.75) is 6.17 Å². The number of hydrogen-bond acceptors (Lipinski definition) is 4. The molecule has 0 spiro atoms. The zero-order valence-corrected chi connectivity index (χ0v) is 15.3. The fraction of sp³-hybridized carbons (Fsp3) is 0.238. The van der Waals surface area contributed by atoms with Crippen LogP contribution in [0.5, 0.6) is 5.75 Å². The quantitative estimate of drug-likeness (QED) is 0.908. The summed E-state index contributed by atoms with van der Waals surface area (Å²) in [5.41, 5.74) is 3.26. The molecule has 2 aliphatic rings. The van der Waals surface area contributed by atoms with Crippen LogP contribution in [0.15, 0.2) is 54.1 Å². The van der Waals surface area contributed by atoms with Gasteiger partial charge in [0.15, 0.2) is 0 Å². The molecule has 0 bridgehead atoms. The van der Waals surface area contributed by atoms with E-state index in [0.29, 0.717) is 12.2 Å². The van der Waals surface area contributed by atoms with Crippen molar-refractivity contribution in [3.8, 4) is 5.75 Å². The monoisotopic (exact) mass is 363 g/mol. The maximum atomic E-state index is 12.9. The summed E-state index contributed by atoms with van der Waals surface area (Å²) < 4.78 is 5.91. The summed E-state index contributed by atoms with van der Waals surface area (Å²) in [7, 11) is 3.38. The van der Waals surface area contributed by atoms with Crippen LogP contribution in [0.4, 0.5) is 5.69 Å². The maximum absolute atomic E-state index is 12.9. The number of benzene rings is 2. The molecular formula is C21H21N3O3. The number of nitrogens with one attached hydrogen (secondary N) is 1. The average molecular weight is 363 g/mol. The van der Waals surface area contributed by atoms with Gasteiger partial charge < -0.3 is 19.9 Å². The van der Waals surface area contributed by atoms with Gasteiger partial charge >= 0.3 is 0 Å². The molecule has 0 saturated carbocycles. The van der Waals surface area contributed by atoms with Gasteiger partial charge in [0.1, 0.15) is 18.5 Å². The van der Waals surface area contributed by atoms with E-state index < -0.39 is 6.17 Å². The van der Waals surface area contributed by atoms with Crippen LogP contribution in [0.1, 0.15) is 15.9 Å². The Labute approximate surface area is 158 Å². The van der Waals surface area contributed by atoms with Crippen LogP contribution in [0, 0.1) is 0 Å². The van der Waals surface area contributed by atoms with E-state index in [0.717, 1.165) is 22.6 Å². The van der Waals surface area contributed by atoms with Gasteiger partial charge in [-0.3, -0.25) is 9.59 Å². The van der Waals surface area contributed by atoms with E-state index in [1.165, 1.54) is 0 Å². The maximum Gasteiger partial charge on any atom is 0.257 e. The fourth-order valence-corrected chi connectivity index (χ4v) is 3.68. The zero-order valence-electron chi connectivity index (χ0n) is 15.3. The standard InChI is InChI=1S/C21H21N3O3/c1-22-19(25)12-24-17-9-5-4-8-16(17)21(26)23(2)20(24)15-11-14-7-3-6-10-18(14)27-13-15/h3-11,20H,12-13H2,1-2H3,(H,22,25)/t20-/m0/s1. The topological polar surface area (TPSA) is 61.9 Å². The number of fused-ring (bicyclic) bond motifs is 2. The molecule has 2 aliphatic heterocycles. The van der Waals surface area contributed by atoms with Crippen LogP contribution in [0.3, 0.4) is 0 Å². The van der Waals surface area contributed by atoms with Gasteiger partial charge in [0.2, 0.25) is 5.91 Å². The molecular weight excluding hydrogens is 342 g/mol. The lowest BCUT2D eigenvalue weighted by molar-refractivity contribution is -0.119. The number of amides is 2. The van der Waals surface area contributed by atoms with Gasteiger partial charge in [-0.05, 0) is 24.3 Å². The van der Waals surface area contributed by atoms with E-state index in [9.17, 15) is 9.59 Å². The Balaban J connectivity index is 1.81. The van der Waals surface area contributed by atoms with E-state index in [4.69, 9.17) is 4.74 Å². The minimum Gasteiger partial charge on any atom is -0.488 e. The highest BCUT2D eigenvalue weighted by Gasteiger charge is 2.39. The molecule has 2 aromatic carbocycles. The smallest absolute Gasteiger partial charge is 0.257 e. The number of rotatable bonds is 3. The van der Waals surface area contributed by atoms with Crippen LogP contribution >= 0.6 is 0 Å². The van der Waals surface area contributed by atoms with Crippen molar-refractivity contribution < 1.29 is 14.3 Å². The van der Waals surface area contributed by atoms with E-state index in [2.05, 4.69) is 11.4 Å². The molecule has 2 heterocycles. The molecule has 6 heteroatoms. The number of ether oxygens (including phenoxy) is 1. The van der Waals surface area contributed by atoms with Crippen LogP contribution in [-0.4, -0.2) is 50.1 Å². The van der Waals surface area contributed by atoms with Crippen molar-refractivity contribution in [3.63, 3.8) is 0 Å². The number of likely N-dealkylation sites (N-methyl/N-ethyl adjacent to an activating group) is 2. The lowest BCUT2D eigenvalue weighted by atomic mass is 9.99. The second-order valence-corrected chi connectivity index (χ2v) is 6.65. The summed E-state index contributed by atoms with van der Waals surface area (Å²) in [6, 6.07) is 15.2. The zero-order chi connectivity index (χ0) is 19.0. The Kier molecular flexibility index (Phi) is 4.32. The van der Waals surface area contributed by atoms with Crippen molar-refractivity contribution in [2.75, 3.05) is 32.1 Å². The highest BCUT2D eigenvalue weighted by atomic mass is 16.5. The fourth-order valence-electron chi connectivity index (χ4n) is 3.68. The molecule has 1 atom stereocenters. The van der Waals surface area contributed by atoms with Gasteiger partial charge in [-0.2, -0.15) is 0 Å². The molecule has 2 aromatic rings. The highest BCUT2D eigenvalue weighted by Crippen LogP contribution is 2.36. The Bertz CT molecular complexity index is 938. The Morgan fingerprint density at radius 3 is 2.74 bits per heavy atom. The van der Waals surface area contributed by atoms with E-state index in [1.54, 1.807) is 25.1 Å². The number of nitrogens with zero attached hydrogens (tertiary/aromatic N) is 2. The molecule has 27 heavy (non-hydrogen) atoms. The van der Waals surface area contributed by atoms with Gasteiger partial charge in [0.25, 0.3) is 5.91 Å². The Morgan fingerprint density at radius 1 is 1.19 bits per heavy atom. The third-order valence-corrected chi connectivity index (χ3v) is 5.00. The molecule has 0 radical (unpaired) electrons. The SMILES string of the molecule is CNC(=O)CN1c2ccccc2C(=O)N(C)[C@@H]1C1=Cc2ccccc2OC1. The first-order valence-electron chi connectivity index (χ1n) is 8.86. The van der Waals surface area contributed by atoms with Crippen LogP contribution in [-0.2, 0) is 4.79 Å². The molecule has 138 valence electrons. The van der Waals surface area contributed by atoms with Crippen molar-refractivity contribution in [1.29, 1.82) is 0 Å². The van der Waals surface area contributed by atoms with Crippen LogP contribution in [0.2, 0.25) is 0 Å². The third kappa shape index (κ3) is 2.93. The number of hydrogen-bond donors (Lipinski definition) is 1. The first kappa shape index (κ1) is 17.1. The molecule has 0 aliphatic carbocycles. The van der Waals surface area contributed by atoms with E-state index in [1.807, 2.05) is 47.4 Å². The summed E-state index contributed by atoms with van der Waals surface area (Å²) in [4.78, 5) is 28.8. The second-order valence-electron chi connectivity index (χ2n) is 6.65. The van der Waals surface area contributed by atoms with Gasteiger partial charge in [-0.15, -0.1) is 0 Å². The third-order valence-electron chi connectivity index (χ3n) is 5.00. The molecule has 1 N–H and O–H groups in total. The van der Waals surface area contributed by atoms with Crippen molar-refractivity contribution >= 4 is 23.6 Å². The van der Waals surface area contributed by atoms with Crippen molar-refractivity contribution in [1.82, 2.24) is 10.2 Å². The molecule has 0 fully saturated rings. The number of carbonyl (C=O) groups is 2. The second kappa shape index (κ2) is 6.79. The van der Waals surface area contributed by atoms with Crippen molar-refractivity contribution in [2.24, 2.45) is 0 Å². The summed E-state index contributed by atoms with van der Waals surface area (Å²) in [6.45, 7) is 0.514. The highest BCUT2D eigenvalue weighted by molar-refractivity contribution is 6.03. The predicted molar refractivity (Wildman–Crippen MR) is 104 cm³/mol. The molecule has 4 rings (SSSR count). The minimum absolute atomic E-state index is 0.0662. The van der Waals surface area contributed by atoms with Gasteiger partial charge in [-0.25, -0.2) is 0 Å². The lowest BCUT2D eigenvalue weighted by Crippen LogP contribution is -2.57. The predicted octanol–water partition coefficient (Wildman–Crippen LogP) is 2.13. The van der Waals surface area contributed by atoms with E-state index in [-0.39, 0.29) is 18.4 Å². The summed E-state index contributed by atoms with van der Waals surface area (Å²) in [5.74, 6) is 0.642. The first-order valence-corrected chi connectivity index (χ1v) is 8.86. The number of para-hydroxylation sites is 2. The molecule has 0 aromatic heterocycles. The lowest BCUT2D eigenvalue weighted by Gasteiger charge is -2.45. The van der Waals surface area contributed by atoms with Gasteiger partial charge in [0.05, 0.1) is 17.8 Å². The number of carbonyl (C=O) groups excluding carboxylic acids is 2. The van der Waals surface area contributed by atoms with Gasteiger partial charge in [0, 0.05) is 25.2 Å². The summed E-state index contributed by atoms with van der Waals surface area (Å²) >= 11 is 0. The van der Waals surface area contributed by atoms with Gasteiger partial charge in [-0.1, -0.05) is 30.3 Å².